The van der Waals surface area contributed by atoms with E-state index in [1.807, 2.05) is 55.5 Å². The lowest BCUT2D eigenvalue weighted by Gasteiger charge is -2.21. The Bertz CT molecular complexity index is 1240. The Morgan fingerprint density at radius 3 is 2.31 bits per heavy atom. The first kappa shape index (κ1) is 21.3. The summed E-state index contributed by atoms with van der Waals surface area (Å²) in [6.45, 7) is 4.22. The van der Waals surface area contributed by atoms with Crippen LogP contribution >= 0.6 is 0 Å². The number of hydroxylamine groups is 1. The lowest BCUT2D eigenvalue weighted by atomic mass is 10.0. The number of carbonyl (C=O) groups excluding carboxylic acids is 1. The minimum Gasteiger partial charge on any atom is -0.316 e. The van der Waals surface area contributed by atoms with Gasteiger partial charge in [0.1, 0.15) is 5.82 Å². The average Bonchev–Trinajstić information content (AvgIpc) is 3.20. The Morgan fingerprint density at radius 1 is 0.969 bits per heavy atom. The van der Waals surface area contributed by atoms with Crippen molar-refractivity contribution >= 4 is 12.0 Å². The van der Waals surface area contributed by atoms with Crippen LogP contribution in [0.4, 0.5) is 0 Å². The molecule has 1 amide bonds. The van der Waals surface area contributed by atoms with Gasteiger partial charge in [0.05, 0.1) is 17.4 Å². The SMILES string of the molecule is Cc1nc(-c2cccc(/C=C/C(=O)NO)c2)n([C@H](C)c2ccccc2)c1-c1ccccc1. The summed E-state index contributed by atoms with van der Waals surface area (Å²) >= 11 is 0. The summed E-state index contributed by atoms with van der Waals surface area (Å²) in [7, 11) is 0. The summed E-state index contributed by atoms with van der Waals surface area (Å²) in [6, 6.07) is 28.6. The van der Waals surface area contributed by atoms with Gasteiger partial charge >= 0.3 is 0 Å². The van der Waals surface area contributed by atoms with Gasteiger partial charge in [-0.3, -0.25) is 10.0 Å². The third kappa shape index (κ3) is 4.38. The number of benzene rings is 3. The molecule has 3 aromatic carbocycles. The number of rotatable bonds is 6. The van der Waals surface area contributed by atoms with Crippen LogP contribution in [0, 0.1) is 6.92 Å². The van der Waals surface area contributed by atoms with Gasteiger partial charge < -0.3 is 4.57 Å². The predicted octanol–water partition coefficient (Wildman–Crippen LogP) is 5.65. The van der Waals surface area contributed by atoms with E-state index in [0.717, 1.165) is 33.9 Å². The molecule has 0 unspecified atom stereocenters. The van der Waals surface area contributed by atoms with Gasteiger partial charge in [0, 0.05) is 17.2 Å². The number of aryl methyl sites for hydroxylation is 1. The van der Waals surface area contributed by atoms with E-state index in [1.165, 1.54) is 11.6 Å². The van der Waals surface area contributed by atoms with Crippen LogP contribution in [-0.4, -0.2) is 20.7 Å². The van der Waals surface area contributed by atoms with E-state index in [4.69, 9.17) is 10.2 Å². The molecule has 5 nitrogen and oxygen atoms in total. The van der Waals surface area contributed by atoms with Crippen LogP contribution in [0.25, 0.3) is 28.7 Å². The Labute approximate surface area is 187 Å². The van der Waals surface area contributed by atoms with Gasteiger partial charge in [-0.05, 0) is 37.1 Å². The zero-order chi connectivity index (χ0) is 22.5. The first-order chi connectivity index (χ1) is 15.6. The monoisotopic (exact) mass is 423 g/mol. The van der Waals surface area contributed by atoms with Crippen molar-refractivity contribution in [2.45, 2.75) is 19.9 Å². The molecule has 160 valence electrons. The van der Waals surface area contributed by atoms with Gasteiger partial charge in [0.2, 0.25) is 0 Å². The van der Waals surface area contributed by atoms with Crippen LogP contribution in [0.15, 0.2) is 91.0 Å². The van der Waals surface area contributed by atoms with Crippen LogP contribution in [0.2, 0.25) is 0 Å². The third-order valence-electron chi connectivity index (χ3n) is 5.48. The second kappa shape index (κ2) is 9.45. The molecule has 0 fully saturated rings. The Morgan fingerprint density at radius 2 is 1.62 bits per heavy atom. The average molecular weight is 424 g/mol. The van der Waals surface area contributed by atoms with Crippen molar-refractivity contribution in [3.63, 3.8) is 0 Å². The number of hydrogen-bond donors (Lipinski definition) is 2. The van der Waals surface area contributed by atoms with Gasteiger partial charge in [-0.1, -0.05) is 78.9 Å². The highest BCUT2D eigenvalue weighted by molar-refractivity contribution is 5.91. The standard InChI is InChI=1S/C27H25N3O2/c1-19-26(23-13-7-4-8-14-23)30(20(2)22-11-5-3-6-12-22)27(28-19)24-15-9-10-21(18-24)16-17-25(31)29-32/h3-18,20,32H,1-2H3,(H,29,31)/b17-16+/t20-/m1/s1. The van der Waals surface area contributed by atoms with Gasteiger partial charge in [-0.15, -0.1) is 0 Å². The first-order valence-electron chi connectivity index (χ1n) is 10.5. The van der Waals surface area contributed by atoms with Crippen LogP contribution in [0.3, 0.4) is 0 Å². The van der Waals surface area contributed by atoms with Crippen LogP contribution in [-0.2, 0) is 4.79 Å². The van der Waals surface area contributed by atoms with Crippen LogP contribution in [0.5, 0.6) is 0 Å². The van der Waals surface area contributed by atoms with E-state index in [0.29, 0.717) is 0 Å². The maximum atomic E-state index is 11.4. The smallest absolute Gasteiger partial charge is 0.267 e. The fraction of sp³-hybridized carbons (Fsp3) is 0.111. The van der Waals surface area contributed by atoms with E-state index in [1.54, 1.807) is 11.6 Å². The number of hydrogen-bond acceptors (Lipinski definition) is 3. The fourth-order valence-corrected chi connectivity index (χ4v) is 3.94. The highest BCUT2D eigenvalue weighted by Crippen LogP contribution is 2.35. The molecule has 4 aromatic rings. The molecule has 0 aliphatic heterocycles. The molecule has 32 heavy (non-hydrogen) atoms. The fourth-order valence-electron chi connectivity index (χ4n) is 3.94. The number of imidazole rings is 1. The Hall–Kier alpha value is -3.96. The van der Waals surface area contributed by atoms with Crippen molar-refractivity contribution in [2.75, 3.05) is 0 Å². The molecular weight excluding hydrogens is 398 g/mol. The maximum absolute atomic E-state index is 11.4. The molecule has 4 rings (SSSR count). The van der Waals surface area contributed by atoms with Gasteiger partial charge in [0.25, 0.3) is 5.91 Å². The Kier molecular flexibility index (Phi) is 6.29. The van der Waals surface area contributed by atoms with E-state index < -0.39 is 5.91 Å². The van der Waals surface area contributed by atoms with Gasteiger partial charge in [0.15, 0.2) is 0 Å². The van der Waals surface area contributed by atoms with Crippen molar-refractivity contribution < 1.29 is 10.0 Å². The molecule has 1 heterocycles. The summed E-state index contributed by atoms with van der Waals surface area (Å²) in [5, 5.41) is 8.73. The molecule has 2 N–H and O–H groups in total. The van der Waals surface area contributed by atoms with Crippen molar-refractivity contribution in [2.24, 2.45) is 0 Å². The summed E-state index contributed by atoms with van der Waals surface area (Å²) in [6.07, 6.45) is 2.95. The summed E-state index contributed by atoms with van der Waals surface area (Å²) < 4.78 is 2.28. The van der Waals surface area contributed by atoms with E-state index in [-0.39, 0.29) is 6.04 Å². The predicted molar refractivity (Wildman–Crippen MR) is 127 cm³/mol. The zero-order valence-corrected chi connectivity index (χ0v) is 18.1. The quantitative estimate of drug-likeness (QED) is 0.239. The highest BCUT2D eigenvalue weighted by atomic mass is 16.5. The summed E-state index contributed by atoms with van der Waals surface area (Å²) in [5.74, 6) is 0.288. The second-order valence-electron chi connectivity index (χ2n) is 7.63. The molecule has 0 radical (unpaired) electrons. The highest BCUT2D eigenvalue weighted by Gasteiger charge is 2.22. The minimum absolute atomic E-state index is 0.0574. The minimum atomic E-state index is -0.572. The van der Waals surface area contributed by atoms with Crippen molar-refractivity contribution in [1.29, 1.82) is 0 Å². The van der Waals surface area contributed by atoms with Crippen LogP contribution in [0.1, 0.15) is 29.8 Å². The molecule has 0 bridgehead atoms. The van der Waals surface area contributed by atoms with E-state index >= 15 is 0 Å². The van der Waals surface area contributed by atoms with Gasteiger partial charge in [-0.25, -0.2) is 10.5 Å². The second-order valence-corrected chi connectivity index (χ2v) is 7.63. The maximum Gasteiger partial charge on any atom is 0.267 e. The number of amides is 1. The van der Waals surface area contributed by atoms with Crippen molar-refractivity contribution in [3.05, 3.63) is 108 Å². The summed E-state index contributed by atoms with van der Waals surface area (Å²) in [5.41, 5.74) is 7.74. The Balaban J connectivity index is 1.88. The number of nitrogens with zero attached hydrogens (tertiary/aromatic N) is 2. The largest absolute Gasteiger partial charge is 0.316 e. The first-order valence-corrected chi connectivity index (χ1v) is 10.5. The lowest BCUT2D eigenvalue weighted by molar-refractivity contribution is -0.124. The molecular formula is C27H25N3O2. The molecule has 0 saturated carbocycles. The van der Waals surface area contributed by atoms with Crippen molar-refractivity contribution in [3.8, 4) is 22.6 Å². The normalized spacial score (nSPS) is 12.1. The zero-order valence-electron chi connectivity index (χ0n) is 18.1. The van der Waals surface area contributed by atoms with Gasteiger partial charge in [-0.2, -0.15) is 0 Å². The molecule has 0 spiro atoms. The van der Waals surface area contributed by atoms with Crippen LogP contribution < -0.4 is 5.48 Å². The molecule has 1 atom stereocenters. The van der Waals surface area contributed by atoms with Crippen molar-refractivity contribution in [1.82, 2.24) is 15.0 Å². The molecule has 0 saturated heterocycles. The number of nitrogens with one attached hydrogen (secondary N) is 1. The molecule has 0 aliphatic rings. The summed E-state index contributed by atoms with van der Waals surface area (Å²) in [4.78, 5) is 16.4. The lowest BCUT2D eigenvalue weighted by Crippen LogP contribution is -2.14. The number of carbonyl (C=O) groups is 1. The number of aromatic nitrogens is 2. The topological polar surface area (TPSA) is 67.2 Å². The van der Waals surface area contributed by atoms with E-state index in [2.05, 4.69) is 47.9 Å². The molecule has 0 aliphatic carbocycles. The van der Waals surface area contributed by atoms with E-state index in [9.17, 15) is 4.79 Å². The molecule has 1 aromatic heterocycles. The molecule has 5 heteroatoms. The third-order valence-corrected chi connectivity index (χ3v) is 5.48.